The molecule has 0 radical (unpaired) electrons. The number of alkyl halides is 1. The molecule has 0 aliphatic carbocycles. The number of rotatable bonds is 2. The van der Waals surface area contributed by atoms with E-state index in [1.54, 1.807) is 16.7 Å². The third-order valence-corrected chi connectivity index (χ3v) is 3.50. The van der Waals surface area contributed by atoms with Gasteiger partial charge < -0.3 is 0 Å². The molecule has 0 saturated heterocycles. The molecular formula is C14H8Cl2F2N2. The molecule has 2 aromatic carbocycles. The summed E-state index contributed by atoms with van der Waals surface area (Å²) in [5.74, 6) is -0.205. The Morgan fingerprint density at radius 1 is 1.10 bits per heavy atom. The molecule has 102 valence electrons. The zero-order chi connectivity index (χ0) is 14.3. The molecule has 1 heterocycles. The van der Waals surface area contributed by atoms with Crippen molar-refractivity contribution in [2.24, 2.45) is 0 Å². The minimum atomic E-state index is -0.538. The maximum Gasteiger partial charge on any atom is 0.144 e. The molecule has 0 atom stereocenters. The minimum Gasteiger partial charge on any atom is -0.295 e. The van der Waals surface area contributed by atoms with Gasteiger partial charge in [0.2, 0.25) is 0 Å². The fourth-order valence-electron chi connectivity index (χ4n) is 2.09. The topological polar surface area (TPSA) is 17.8 Å². The van der Waals surface area contributed by atoms with Crippen LogP contribution >= 0.6 is 23.2 Å². The lowest BCUT2D eigenvalue weighted by atomic mass is 10.2. The summed E-state index contributed by atoms with van der Waals surface area (Å²) in [4.78, 5) is 4.32. The van der Waals surface area contributed by atoms with Gasteiger partial charge in [0.15, 0.2) is 0 Å². The first-order valence-electron chi connectivity index (χ1n) is 5.78. The van der Waals surface area contributed by atoms with Crippen molar-refractivity contribution >= 4 is 34.2 Å². The van der Waals surface area contributed by atoms with Gasteiger partial charge in [-0.3, -0.25) is 4.57 Å². The first-order chi connectivity index (χ1) is 9.60. The average molecular weight is 313 g/mol. The number of hydrogen-bond donors (Lipinski definition) is 0. The standard InChI is InChI=1S/C14H8Cl2F2N2/c15-7-14-19-12-5-10(16)11(18)6-13(12)20(14)9-3-1-8(17)2-4-9/h1-6H,7H2. The van der Waals surface area contributed by atoms with Gasteiger partial charge in [-0.05, 0) is 30.3 Å². The first kappa shape index (κ1) is 13.3. The maximum atomic E-state index is 13.7. The Bertz CT molecular complexity index is 782. The number of benzene rings is 2. The Hall–Kier alpha value is -1.65. The average Bonchev–Trinajstić information content (AvgIpc) is 2.78. The molecule has 1 aromatic heterocycles. The van der Waals surface area contributed by atoms with Gasteiger partial charge in [-0.15, -0.1) is 11.6 Å². The van der Waals surface area contributed by atoms with E-state index >= 15 is 0 Å². The molecular weight excluding hydrogens is 305 g/mol. The Morgan fingerprint density at radius 2 is 1.80 bits per heavy atom. The highest BCUT2D eigenvalue weighted by atomic mass is 35.5. The van der Waals surface area contributed by atoms with Gasteiger partial charge in [-0.1, -0.05) is 11.6 Å². The number of aromatic nitrogens is 2. The molecule has 20 heavy (non-hydrogen) atoms. The first-order valence-corrected chi connectivity index (χ1v) is 6.69. The zero-order valence-electron chi connectivity index (χ0n) is 10.1. The molecule has 0 bridgehead atoms. The highest BCUT2D eigenvalue weighted by Crippen LogP contribution is 2.27. The SMILES string of the molecule is Fc1ccc(-n2c(CCl)nc3cc(Cl)c(F)cc32)cc1. The summed E-state index contributed by atoms with van der Waals surface area (Å²) in [7, 11) is 0. The zero-order valence-corrected chi connectivity index (χ0v) is 11.6. The summed E-state index contributed by atoms with van der Waals surface area (Å²) in [6, 6.07) is 8.56. The van der Waals surface area contributed by atoms with E-state index in [-0.39, 0.29) is 16.7 Å². The van der Waals surface area contributed by atoms with Crippen molar-refractivity contribution in [2.75, 3.05) is 0 Å². The second kappa shape index (κ2) is 5.04. The van der Waals surface area contributed by atoms with Crippen LogP contribution in [0.2, 0.25) is 5.02 Å². The molecule has 0 aliphatic rings. The molecule has 0 N–H and O–H groups in total. The van der Waals surface area contributed by atoms with Gasteiger partial charge in [0.05, 0.1) is 21.9 Å². The predicted octanol–water partition coefficient (Wildman–Crippen LogP) is 4.70. The van der Waals surface area contributed by atoms with E-state index in [2.05, 4.69) is 4.98 Å². The second-order valence-electron chi connectivity index (χ2n) is 4.23. The lowest BCUT2D eigenvalue weighted by molar-refractivity contribution is 0.626. The van der Waals surface area contributed by atoms with Crippen molar-refractivity contribution in [1.82, 2.24) is 9.55 Å². The highest BCUT2D eigenvalue weighted by Gasteiger charge is 2.14. The third kappa shape index (κ3) is 2.15. The van der Waals surface area contributed by atoms with Crippen LogP contribution in [0.5, 0.6) is 0 Å². The van der Waals surface area contributed by atoms with Crippen LogP contribution in [0, 0.1) is 11.6 Å². The van der Waals surface area contributed by atoms with Crippen molar-refractivity contribution in [3.63, 3.8) is 0 Å². The Morgan fingerprint density at radius 3 is 2.45 bits per heavy atom. The van der Waals surface area contributed by atoms with E-state index in [4.69, 9.17) is 23.2 Å². The molecule has 0 spiro atoms. The van der Waals surface area contributed by atoms with Gasteiger partial charge in [-0.25, -0.2) is 13.8 Å². The quantitative estimate of drug-likeness (QED) is 0.627. The van der Waals surface area contributed by atoms with Crippen LogP contribution in [0.3, 0.4) is 0 Å². The Labute approximate surface area is 123 Å². The number of nitrogens with zero attached hydrogens (tertiary/aromatic N) is 2. The lowest BCUT2D eigenvalue weighted by Crippen LogP contribution is -1.99. The van der Waals surface area contributed by atoms with Gasteiger partial charge in [0.25, 0.3) is 0 Å². The summed E-state index contributed by atoms with van der Waals surface area (Å²) >= 11 is 11.6. The molecule has 6 heteroatoms. The highest BCUT2D eigenvalue weighted by molar-refractivity contribution is 6.31. The number of hydrogen-bond acceptors (Lipinski definition) is 1. The second-order valence-corrected chi connectivity index (χ2v) is 4.90. The summed E-state index contributed by atoms with van der Waals surface area (Å²) in [5.41, 5.74) is 1.73. The van der Waals surface area contributed by atoms with Crippen molar-refractivity contribution in [2.45, 2.75) is 5.88 Å². The molecule has 0 aliphatic heterocycles. The maximum absolute atomic E-state index is 13.7. The normalized spacial score (nSPS) is 11.2. The predicted molar refractivity (Wildman–Crippen MR) is 75.6 cm³/mol. The molecule has 0 amide bonds. The van der Waals surface area contributed by atoms with Crippen LogP contribution in [0.1, 0.15) is 5.82 Å². The fraction of sp³-hybridized carbons (Fsp3) is 0.0714. The van der Waals surface area contributed by atoms with E-state index in [1.807, 2.05) is 0 Å². The number of fused-ring (bicyclic) bond motifs is 1. The summed E-state index contributed by atoms with van der Waals surface area (Å²) in [5, 5.41) is 0.00220. The van der Waals surface area contributed by atoms with Gasteiger partial charge in [0.1, 0.15) is 17.5 Å². The lowest BCUT2D eigenvalue weighted by Gasteiger charge is -2.07. The van der Waals surface area contributed by atoms with Crippen molar-refractivity contribution in [3.05, 3.63) is 58.9 Å². The Kier molecular flexibility index (Phi) is 3.36. The molecule has 0 saturated carbocycles. The Balaban J connectivity index is 2.32. The summed E-state index contributed by atoms with van der Waals surface area (Å²) in [6.07, 6.45) is 0. The van der Waals surface area contributed by atoms with Gasteiger partial charge >= 0.3 is 0 Å². The van der Waals surface area contributed by atoms with Crippen LogP contribution in [0.4, 0.5) is 8.78 Å². The van der Waals surface area contributed by atoms with Crippen LogP contribution in [-0.2, 0) is 5.88 Å². The van der Waals surface area contributed by atoms with E-state index in [0.29, 0.717) is 22.5 Å². The third-order valence-electron chi connectivity index (χ3n) is 2.97. The van der Waals surface area contributed by atoms with Crippen molar-refractivity contribution in [3.8, 4) is 5.69 Å². The van der Waals surface area contributed by atoms with Crippen LogP contribution in [0.15, 0.2) is 36.4 Å². The molecule has 2 nitrogen and oxygen atoms in total. The van der Waals surface area contributed by atoms with Crippen molar-refractivity contribution in [1.29, 1.82) is 0 Å². The summed E-state index contributed by atoms with van der Waals surface area (Å²) in [6.45, 7) is 0. The van der Waals surface area contributed by atoms with E-state index in [9.17, 15) is 8.78 Å². The smallest absolute Gasteiger partial charge is 0.144 e. The van der Waals surface area contributed by atoms with E-state index < -0.39 is 5.82 Å². The van der Waals surface area contributed by atoms with E-state index in [1.165, 1.54) is 24.3 Å². The van der Waals surface area contributed by atoms with E-state index in [0.717, 1.165) is 0 Å². The van der Waals surface area contributed by atoms with Gasteiger partial charge in [-0.2, -0.15) is 0 Å². The van der Waals surface area contributed by atoms with Crippen molar-refractivity contribution < 1.29 is 8.78 Å². The van der Waals surface area contributed by atoms with Crippen LogP contribution < -0.4 is 0 Å². The molecule has 0 fully saturated rings. The van der Waals surface area contributed by atoms with Crippen LogP contribution in [-0.4, -0.2) is 9.55 Å². The monoisotopic (exact) mass is 312 g/mol. The molecule has 3 aromatic rings. The summed E-state index contributed by atoms with van der Waals surface area (Å²) < 4.78 is 28.4. The molecule has 3 rings (SSSR count). The number of halogens is 4. The minimum absolute atomic E-state index is 0.00220. The van der Waals surface area contributed by atoms with Crippen LogP contribution in [0.25, 0.3) is 16.7 Å². The fourth-order valence-corrected chi connectivity index (χ4v) is 2.43. The number of imidazole rings is 1. The largest absolute Gasteiger partial charge is 0.295 e. The molecule has 0 unspecified atom stereocenters. The van der Waals surface area contributed by atoms with Gasteiger partial charge in [0, 0.05) is 11.8 Å².